The minimum Gasteiger partial charge on any atom is -0.350 e. The maximum absolute atomic E-state index is 6.04. The van der Waals surface area contributed by atoms with E-state index in [1.54, 1.807) is 12.1 Å². The van der Waals surface area contributed by atoms with Crippen molar-refractivity contribution in [2.45, 2.75) is 13.5 Å². The summed E-state index contributed by atoms with van der Waals surface area (Å²) < 4.78 is 0. The van der Waals surface area contributed by atoms with Gasteiger partial charge in [0.15, 0.2) is 0 Å². The number of halogens is 2. The summed E-state index contributed by atoms with van der Waals surface area (Å²) in [5, 5.41) is 7.47. The van der Waals surface area contributed by atoms with Gasteiger partial charge in [-0.15, -0.1) is 0 Å². The molecule has 3 aromatic rings. The van der Waals surface area contributed by atoms with Crippen molar-refractivity contribution >= 4 is 40.7 Å². The zero-order valence-electron chi connectivity index (χ0n) is 13.1. The summed E-state index contributed by atoms with van der Waals surface area (Å²) in [6, 6.07) is 17.3. The van der Waals surface area contributed by atoms with E-state index in [9.17, 15) is 0 Å². The molecule has 0 saturated heterocycles. The van der Waals surface area contributed by atoms with E-state index in [2.05, 4.69) is 32.7 Å². The van der Waals surface area contributed by atoms with Gasteiger partial charge in [0, 0.05) is 24.0 Å². The van der Waals surface area contributed by atoms with Gasteiger partial charge in [0.2, 0.25) is 5.95 Å². The summed E-state index contributed by atoms with van der Waals surface area (Å²) in [5.41, 5.74) is 2.85. The van der Waals surface area contributed by atoms with Gasteiger partial charge in [-0.1, -0.05) is 53.5 Å². The molecule has 2 aromatic carbocycles. The van der Waals surface area contributed by atoms with E-state index in [4.69, 9.17) is 23.2 Å². The standard InChI is InChI=1S/C18H16Cl2N4/c1-12-9-17(23-14-7-8-15(19)16(20)10-14)24-18(22-12)21-11-13-5-3-2-4-6-13/h2-10H,11H2,1H3,(H2,21,22,23,24). The van der Waals surface area contributed by atoms with Crippen LogP contribution in [-0.2, 0) is 6.54 Å². The Bertz CT molecular complexity index is 838. The molecular weight excluding hydrogens is 343 g/mol. The lowest BCUT2D eigenvalue weighted by Gasteiger charge is -2.10. The lowest BCUT2D eigenvalue weighted by Crippen LogP contribution is -2.06. The first kappa shape index (κ1) is 16.6. The third kappa shape index (κ3) is 4.37. The molecule has 0 aliphatic carbocycles. The Morgan fingerprint density at radius 3 is 2.46 bits per heavy atom. The van der Waals surface area contributed by atoms with Crippen molar-refractivity contribution in [1.29, 1.82) is 0 Å². The van der Waals surface area contributed by atoms with Crippen LogP contribution in [0.25, 0.3) is 0 Å². The molecule has 3 rings (SSSR count). The second-order valence-corrected chi connectivity index (χ2v) is 6.13. The Labute approximate surface area is 150 Å². The molecule has 0 aliphatic rings. The van der Waals surface area contributed by atoms with Gasteiger partial charge in [-0.2, -0.15) is 4.98 Å². The Morgan fingerprint density at radius 1 is 0.917 bits per heavy atom. The van der Waals surface area contributed by atoms with E-state index in [1.165, 1.54) is 5.56 Å². The van der Waals surface area contributed by atoms with Crippen LogP contribution in [0, 0.1) is 6.92 Å². The number of rotatable bonds is 5. The topological polar surface area (TPSA) is 49.8 Å². The van der Waals surface area contributed by atoms with Crippen molar-refractivity contribution in [3.8, 4) is 0 Å². The molecule has 0 aliphatic heterocycles. The van der Waals surface area contributed by atoms with Gasteiger partial charge < -0.3 is 10.6 Å². The molecule has 1 heterocycles. The molecule has 6 heteroatoms. The lowest BCUT2D eigenvalue weighted by molar-refractivity contribution is 1.03. The van der Waals surface area contributed by atoms with E-state index in [1.807, 2.05) is 37.3 Å². The zero-order chi connectivity index (χ0) is 16.9. The molecule has 4 nitrogen and oxygen atoms in total. The number of nitrogens with one attached hydrogen (secondary N) is 2. The second kappa shape index (κ2) is 7.51. The fraction of sp³-hybridized carbons (Fsp3) is 0.111. The first-order valence-electron chi connectivity index (χ1n) is 7.46. The van der Waals surface area contributed by atoms with Crippen molar-refractivity contribution < 1.29 is 0 Å². The highest BCUT2D eigenvalue weighted by atomic mass is 35.5. The van der Waals surface area contributed by atoms with E-state index >= 15 is 0 Å². The number of aromatic nitrogens is 2. The third-order valence-electron chi connectivity index (χ3n) is 3.34. The predicted molar refractivity (Wildman–Crippen MR) is 100 cm³/mol. The molecule has 0 spiro atoms. The van der Waals surface area contributed by atoms with Gasteiger partial charge in [-0.25, -0.2) is 4.98 Å². The van der Waals surface area contributed by atoms with Crippen LogP contribution in [0.1, 0.15) is 11.3 Å². The molecule has 0 fully saturated rings. The molecule has 0 unspecified atom stereocenters. The molecule has 0 amide bonds. The zero-order valence-corrected chi connectivity index (χ0v) is 14.6. The van der Waals surface area contributed by atoms with Crippen LogP contribution >= 0.6 is 23.2 Å². The van der Waals surface area contributed by atoms with Crippen LogP contribution in [0.4, 0.5) is 17.5 Å². The number of nitrogens with zero attached hydrogens (tertiary/aromatic N) is 2. The van der Waals surface area contributed by atoms with Gasteiger partial charge >= 0.3 is 0 Å². The molecule has 0 bridgehead atoms. The van der Waals surface area contributed by atoms with E-state index < -0.39 is 0 Å². The monoisotopic (exact) mass is 358 g/mol. The van der Waals surface area contributed by atoms with E-state index in [0.717, 1.165) is 11.4 Å². The molecule has 0 saturated carbocycles. The maximum Gasteiger partial charge on any atom is 0.225 e. The minimum atomic E-state index is 0.495. The van der Waals surface area contributed by atoms with Crippen molar-refractivity contribution in [3.63, 3.8) is 0 Å². The minimum absolute atomic E-state index is 0.495. The van der Waals surface area contributed by atoms with Crippen LogP contribution in [0.2, 0.25) is 10.0 Å². The maximum atomic E-state index is 6.04. The quantitative estimate of drug-likeness (QED) is 0.636. The summed E-state index contributed by atoms with van der Waals surface area (Å²) in [4.78, 5) is 8.90. The van der Waals surface area contributed by atoms with E-state index in [-0.39, 0.29) is 0 Å². The summed E-state index contributed by atoms with van der Waals surface area (Å²) in [7, 11) is 0. The van der Waals surface area contributed by atoms with Crippen LogP contribution in [-0.4, -0.2) is 9.97 Å². The van der Waals surface area contributed by atoms with Crippen molar-refractivity contribution in [3.05, 3.63) is 75.9 Å². The largest absolute Gasteiger partial charge is 0.350 e. The normalized spacial score (nSPS) is 10.5. The number of anilines is 3. The van der Waals surface area contributed by atoms with Crippen LogP contribution in [0.15, 0.2) is 54.6 Å². The summed E-state index contributed by atoms with van der Waals surface area (Å²) in [6.07, 6.45) is 0. The first-order valence-corrected chi connectivity index (χ1v) is 8.21. The molecule has 1 aromatic heterocycles. The van der Waals surface area contributed by atoms with Gasteiger partial charge in [0.1, 0.15) is 5.82 Å². The van der Waals surface area contributed by atoms with Crippen LogP contribution in [0.5, 0.6) is 0 Å². The fourth-order valence-electron chi connectivity index (χ4n) is 2.21. The summed E-state index contributed by atoms with van der Waals surface area (Å²) >= 11 is 12.0. The highest BCUT2D eigenvalue weighted by Gasteiger charge is 2.05. The van der Waals surface area contributed by atoms with E-state index in [0.29, 0.717) is 28.4 Å². The summed E-state index contributed by atoms with van der Waals surface area (Å²) in [6.45, 7) is 2.59. The molecule has 2 N–H and O–H groups in total. The van der Waals surface area contributed by atoms with Crippen molar-refractivity contribution in [1.82, 2.24) is 9.97 Å². The van der Waals surface area contributed by atoms with Crippen molar-refractivity contribution in [2.75, 3.05) is 10.6 Å². The third-order valence-corrected chi connectivity index (χ3v) is 4.08. The molecular formula is C18H16Cl2N4. The first-order chi connectivity index (χ1) is 11.6. The van der Waals surface area contributed by atoms with Crippen LogP contribution < -0.4 is 10.6 Å². The average molecular weight is 359 g/mol. The van der Waals surface area contributed by atoms with Crippen molar-refractivity contribution in [2.24, 2.45) is 0 Å². The lowest BCUT2D eigenvalue weighted by atomic mass is 10.2. The Hall–Kier alpha value is -2.30. The van der Waals surface area contributed by atoms with Crippen LogP contribution in [0.3, 0.4) is 0 Å². The number of hydrogen-bond acceptors (Lipinski definition) is 4. The molecule has 122 valence electrons. The highest BCUT2D eigenvalue weighted by Crippen LogP contribution is 2.26. The van der Waals surface area contributed by atoms with Gasteiger partial charge in [-0.3, -0.25) is 0 Å². The number of aryl methyl sites for hydroxylation is 1. The molecule has 0 atom stereocenters. The smallest absolute Gasteiger partial charge is 0.225 e. The number of hydrogen-bond donors (Lipinski definition) is 2. The molecule has 24 heavy (non-hydrogen) atoms. The SMILES string of the molecule is Cc1cc(Nc2ccc(Cl)c(Cl)c2)nc(NCc2ccccc2)n1. The highest BCUT2D eigenvalue weighted by molar-refractivity contribution is 6.42. The number of benzene rings is 2. The Morgan fingerprint density at radius 2 is 1.71 bits per heavy atom. The predicted octanol–water partition coefficient (Wildman–Crippen LogP) is 5.45. The van der Waals surface area contributed by atoms with Gasteiger partial charge in [-0.05, 0) is 30.7 Å². The van der Waals surface area contributed by atoms with Gasteiger partial charge in [0.25, 0.3) is 0 Å². The second-order valence-electron chi connectivity index (χ2n) is 5.31. The summed E-state index contributed by atoms with van der Waals surface area (Å²) in [5.74, 6) is 1.26. The van der Waals surface area contributed by atoms with Gasteiger partial charge in [0.05, 0.1) is 10.0 Å². The Balaban J connectivity index is 1.74. The fourth-order valence-corrected chi connectivity index (χ4v) is 2.51. The molecule has 0 radical (unpaired) electrons. The average Bonchev–Trinajstić information content (AvgIpc) is 2.57. The Kier molecular flexibility index (Phi) is 5.18.